The highest BCUT2D eigenvalue weighted by Crippen LogP contribution is 2.31. The van der Waals surface area contributed by atoms with E-state index in [1.807, 2.05) is 36.4 Å². The fraction of sp³-hybridized carbons (Fsp3) is 0.316. The summed E-state index contributed by atoms with van der Waals surface area (Å²) in [5.41, 5.74) is 2.36. The molecule has 26 heavy (non-hydrogen) atoms. The normalized spacial score (nSPS) is 13.2. The lowest BCUT2D eigenvalue weighted by Gasteiger charge is -2.27. The molecule has 2 N–H and O–H groups in total. The van der Waals surface area contributed by atoms with E-state index >= 15 is 0 Å². The summed E-state index contributed by atoms with van der Waals surface area (Å²) in [6.45, 7) is 6.34. The van der Waals surface area contributed by atoms with Gasteiger partial charge in [0.25, 0.3) is 5.91 Å². The van der Waals surface area contributed by atoms with Crippen molar-refractivity contribution in [2.75, 3.05) is 5.32 Å². The van der Waals surface area contributed by atoms with Gasteiger partial charge in [0.15, 0.2) is 0 Å². The van der Waals surface area contributed by atoms with Crippen molar-refractivity contribution in [2.24, 2.45) is 0 Å². The first-order valence-corrected chi connectivity index (χ1v) is 9.90. The van der Waals surface area contributed by atoms with E-state index in [9.17, 15) is 4.79 Å². The predicted octanol–water partition coefficient (Wildman–Crippen LogP) is 6.28. The molecule has 0 saturated carbocycles. The molecule has 140 valence electrons. The van der Waals surface area contributed by atoms with E-state index in [1.54, 1.807) is 12.1 Å². The second-order valence-corrected chi connectivity index (χ2v) is 10.2. The third-order valence-corrected chi connectivity index (χ3v) is 4.95. The van der Waals surface area contributed by atoms with Crippen molar-refractivity contribution in [3.8, 4) is 0 Å². The molecule has 0 fully saturated rings. The van der Waals surface area contributed by atoms with Crippen molar-refractivity contribution in [1.29, 1.82) is 0 Å². The molecule has 0 spiro atoms. The predicted molar refractivity (Wildman–Crippen MR) is 114 cm³/mol. The monoisotopic (exact) mass is 476 g/mol. The van der Waals surface area contributed by atoms with E-state index in [1.165, 1.54) is 0 Å². The number of halogens is 4. The quantitative estimate of drug-likeness (QED) is 0.401. The van der Waals surface area contributed by atoms with Gasteiger partial charge in [0.2, 0.25) is 3.79 Å². The molecule has 0 bridgehead atoms. The van der Waals surface area contributed by atoms with Crippen LogP contribution in [0.25, 0.3) is 0 Å². The molecule has 0 heterocycles. The fourth-order valence-corrected chi connectivity index (χ4v) is 2.84. The summed E-state index contributed by atoms with van der Waals surface area (Å²) in [5.74, 6) is -0.327. The maximum atomic E-state index is 12.6. The second kappa shape index (κ2) is 8.39. The highest BCUT2D eigenvalue weighted by Gasteiger charge is 2.34. The molecule has 2 aromatic carbocycles. The van der Waals surface area contributed by atoms with Gasteiger partial charge >= 0.3 is 0 Å². The van der Waals surface area contributed by atoms with Gasteiger partial charge in [-0.15, -0.1) is 0 Å². The molecule has 0 saturated heterocycles. The summed E-state index contributed by atoms with van der Waals surface area (Å²) < 4.78 is -0.801. The number of nitrogens with one attached hydrogen (secondary N) is 2. The zero-order valence-corrected chi connectivity index (χ0v) is 18.5. The summed E-state index contributed by atoms with van der Waals surface area (Å²) in [6, 6.07) is 14.7. The van der Waals surface area contributed by atoms with Crippen molar-refractivity contribution >= 4 is 62.3 Å². The molecule has 7 heteroatoms. The third-order valence-electron chi connectivity index (χ3n) is 3.77. The minimum absolute atomic E-state index is 0.0122. The second-order valence-electron chi connectivity index (χ2n) is 6.93. The molecule has 0 aliphatic carbocycles. The molecule has 3 nitrogen and oxygen atoms in total. The van der Waals surface area contributed by atoms with Crippen LogP contribution in [0.3, 0.4) is 0 Å². The van der Waals surface area contributed by atoms with Gasteiger partial charge in [-0.3, -0.25) is 4.79 Å². The van der Waals surface area contributed by atoms with E-state index in [4.69, 9.17) is 34.8 Å². The average Bonchev–Trinajstić information content (AvgIpc) is 2.54. The van der Waals surface area contributed by atoms with E-state index < -0.39 is 9.96 Å². The minimum Gasteiger partial charge on any atom is -0.362 e. The van der Waals surface area contributed by atoms with Crippen LogP contribution in [0, 0.1) is 0 Å². The molecule has 2 rings (SSSR count). The number of amides is 1. The highest BCUT2D eigenvalue weighted by atomic mass is 79.9. The Kier molecular flexibility index (Phi) is 6.89. The van der Waals surface area contributed by atoms with Crippen molar-refractivity contribution in [2.45, 2.75) is 36.1 Å². The van der Waals surface area contributed by atoms with Crippen LogP contribution in [0.15, 0.2) is 53.0 Å². The number of hydrogen-bond donors (Lipinski definition) is 2. The summed E-state index contributed by atoms with van der Waals surface area (Å²) in [5, 5.41) is 5.77. The molecule has 0 radical (unpaired) electrons. The molecular weight excluding hydrogens is 458 g/mol. The van der Waals surface area contributed by atoms with E-state index in [0.717, 1.165) is 10.0 Å². The van der Waals surface area contributed by atoms with Crippen LogP contribution in [0.5, 0.6) is 0 Å². The van der Waals surface area contributed by atoms with Crippen molar-refractivity contribution < 1.29 is 4.79 Å². The Morgan fingerprint density at radius 3 is 1.96 bits per heavy atom. The molecule has 1 amide bonds. The summed E-state index contributed by atoms with van der Waals surface area (Å²) in [4.78, 5) is 12.6. The smallest absolute Gasteiger partial charge is 0.252 e. The largest absolute Gasteiger partial charge is 0.362 e. The first-order valence-electron chi connectivity index (χ1n) is 7.97. The van der Waals surface area contributed by atoms with Crippen molar-refractivity contribution in [3.63, 3.8) is 0 Å². The van der Waals surface area contributed by atoms with E-state index in [-0.39, 0.29) is 11.3 Å². The first-order chi connectivity index (χ1) is 12.0. The van der Waals surface area contributed by atoms with Crippen LogP contribution in [0.4, 0.5) is 5.69 Å². The lowest BCUT2D eigenvalue weighted by molar-refractivity contribution is 0.0942. The molecule has 2 aromatic rings. The number of carbonyl (C=O) groups is 1. The Bertz CT molecular complexity index is 750. The SMILES string of the molecule is CC(C)(C)c1ccc(C(=O)NC(Nc2ccc(Br)cc2)C(Cl)(Cl)Cl)cc1. The standard InChI is InChI=1S/C19H20BrCl3N2O/c1-18(2,3)13-6-4-12(5-7-13)16(26)25-17(19(21,22)23)24-15-10-8-14(20)9-11-15/h4-11,17,24H,1-3H3,(H,25,26). The summed E-state index contributed by atoms with van der Waals surface area (Å²) in [7, 11) is 0. The van der Waals surface area contributed by atoms with Gasteiger partial charge in [-0.2, -0.15) is 0 Å². The Morgan fingerprint density at radius 1 is 0.962 bits per heavy atom. The van der Waals surface area contributed by atoms with Gasteiger partial charge in [0.1, 0.15) is 6.17 Å². The molecule has 1 atom stereocenters. The Hall–Kier alpha value is -0.940. The average molecular weight is 479 g/mol. The Morgan fingerprint density at radius 2 is 1.50 bits per heavy atom. The van der Waals surface area contributed by atoms with Crippen LogP contribution in [-0.2, 0) is 5.41 Å². The van der Waals surface area contributed by atoms with Crippen LogP contribution >= 0.6 is 50.7 Å². The molecule has 1 unspecified atom stereocenters. The van der Waals surface area contributed by atoms with Crippen molar-refractivity contribution in [3.05, 3.63) is 64.1 Å². The lowest BCUT2D eigenvalue weighted by Crippen LogP contribution is -2.49. The lowest BCUT2D eigenvalue weighted by atomic mass is 9.87. The molecular formula is C19H20BrCl3N2O. The van der Waals surface area contributed by atoms with Gasteiger partial charge in [0.05, 0.1) is 0 Å². The number of benzene rings is 2. The zero-order chi connectivity index (χ0) is 19.5. The molecule has 0 aromatic heterocycles. The topological polar surface area (TPSA) is 41.1 Å². The highest BCUT2D eigenvalue weighted by molar-refractivity contribution is 9.10. The number of rotatable bonds is 4. The van der Waals surface area contributed by atoms with Crippen LogP contribution in [0.1, 0.15) is 36.7 Å². The Balaban J connectivity index is 2.15. The van der Waals surface area contributed by atoms with Gasteiger partial charge in [-0.05, 0) is 47.4 Å². The maximum Gasteiger partial charge on any atom is 0.252 e. The van der Waals surface area contributed by atoms with Gasteiger partial charge in [0, 0.05) is 15.7 Å². The fourth-order valence-electron chi connectivity index (χ4n) is 2.25. The number of carbonyl (C=O) groups excluding carboxylic acids is 1. The maximum absolute atomic E-state index is 12.6. The third kappa shape index (κ3) is 6.05. The van der Waals surface area contributed by atoms with E-state index in [0.29, 0.717) is 11.3 Å². The summed E-state index contributed by atoms with van der Waals surface area (Å²) in [6.07, 6.45) is -0.900. The van der Waals surface area contributed by atoms with Crippen LogP contribution < -0.4 is 10.6 Å². The molecule has 0 aliphatic heterocycles. The zero-order valence-electron chi connectivity index (χ0n) is 14.6. The first kappa shape index (κ1) is 21.4. The molecule has 0 aliphatic rings. The van der Waals surface area contributed by atoms with Crippen LogP contribution in [0.2, 0.25) is 0 Å². The number of hydrogen-bond acceptors (Lipinski definition) is 2. The summed E-state index contributed by atoms with van der Waals surface area (Å²) >= 11 is 21.5. The van der Waals surface area contributed by atoms with Crippen molar-refractivity contribution in [1.82, 2.24) is 5.32 Å². The van der Waals surface area contributed by atoms with E-state index in [2.05, 4.69) is 47.3 Å². The van der Waals surface area contributed by atoms with Gasteiger partial charge in [-0.25, -0.2) is 0 Å². The van der Waals surface area contributed by atoms with Gasteiger partial charge in [-0.1, -0.05) is 83.6 Å². The van der Waals surface area contributed by atoms with Gasteiger partial charge < -0.3 is 10.6 Å². The van der Waals surface area contributed by atoms with Crippen LogP contribution in [-0.4, -0.2) is 15.9 Å². The number of alkyl halides is 3. The number of anilines is 1. The minimum atomic E-state index is -1.73. The Labute approximate surface area is 177 Å².